The molecule has 0 saturated heterocycles. The number of ether oxygens (including phenoxy) is 2. The van der Waals surface area contributed by atoms with Crippen LogP contribution in [0, 0.1) is 11.7 Å². The molecule has 2 aromatic heterocycles. The van der Waals surface area contributed by atoms with Crippen LogP contribution in [-0.2, 0) is 15.9 Å². The zero-order chi connectivity index (χ0) is 27.0. The van der Waals surface area contributed by atoms with E-state index in [1.807, 2.05) is 0 Å². The molecule has 0 radical (unpaired) electrons. The van der Waals surface area contributed by atoms with Crippen LogP contribution in [0.1, 0.15) is 52.5 Å². The fraction of sp³-hybridized carbons (Fsp3) is 0.348. The lowest BCUT2D eigenvalue weighted by molar-refractivity contribution is -0.142. The van der Waals surface area contributed by atoms with Gasteiger partial charge in [-0.15, -0.1) is 10.2 Å². The Morgan fingerprint density at radius 2 is 1.92 bits per heavy atom. The van der Waals surface area contributed by atoms with E-state index in [1.165, 1.54) is 43.8 Å². The van der Waals surface area contributed by atoms with E-state index in [9.17, 15) is 22.2 Å². The zero-order valence-corrected chi connectivity index (χ0v) is 20.9. The van der Waals surface area contributed by atoms with Crippen LogP contribution in [0.5, 0.6) is 17.6 Å². The molecule has 1 aromatic carbocycles. The molecule has 1 amide bonds. The van der Waals surface area contributed by atoms with Crippen LogP contribution in [0.15, 0.2) is 35.4 Å². The Kier molecular flexibility index (Phi) is 7.04. The maximum atomic E-state index is 13.6. The molecule has 0 aliphatic heterocycles. The van der Waals surface area contributed by atoms with E-state index in [2.05, 4.69) is 25.5 Å². The second-order valence-corrected chi connectivity index (χ2v) is 10.7. The number of halogens is 3. The minimum absolute atomic E-state index is 0.0176. The summed E-state index contributed by atoms with van der Waals surface area (Å²) in [6.45, 7) is 1.07. The van der Waals surface area contributed by atoms with Crippen LogP contribution in [0.4, 0.5) is 18.9 Å². The van der Waals surface area contributed by atoms with Crippen molar-refractivity contribution in [2.75, 3.05) is 18.7 Å². The number of anilines is 1. The summed E-state index contributed by atoms with van der Waals surface area (Å²) in [6, 6.07) is 5.65. The third-order valence-electron chi connectivity index (χ3n) is 5.86. The molecule has 1 unspecified atom stereocenters. The highest BCUT2D eigenvalue weighted by molar-refractivity contribution is 7.91. The van der Waals surface area contributed by atoms with Crippen molar-refractivity contribution in [2.24, 2.45) is 0 Å². The van der Waals surface area contributed by atoms with Crippen molar-refractivity contribution in [1.82, 2.24) is 20.2 Å². The van der Waals surface area contributed by atoms with Crippen LogP contribution < -0.4 is 14.8 Å². The van der Waals surface area contributed by atoms with E-state index < -0.39 is 44.5 Å². The molecule has 1 atom stereocenters. The van der Waals surface area contributed by atoms with Gasteiger partial charge in [0, 0.05) is 22.8 Å². The Hall–Kier alpha value is -3.81. The lowest BCUT2D eigenvalue weighted by Crippen LogP contribution is -2.21. The van der Waals surface area contributed by atoms with Gasteiger partial charge >= 0.3 is 6.18 Å². The number of hydrogen-bond acceptors (Lipinski definition) is 9. The topological polar surface area (TPSA) is 140 Å². The number of hydrogen-bond donors (Lipinski definition) is 2. The second kappa shape index (κ2) is 9.92. The van der Waals surface area contributed by atoms with Gasteiger partial charge < -0.3 is 14.8 Å². The molecule has 0 bridgehead atoms. The maximum absolute atomic E-state index is 13.6. The molecule has 1 aliphatic rings. The summed E-state index contributed by atoms with van der Waals surface area (Å²) < 4.78 is 71.4. The van der Waals surface area contributed by atoms with E-state index in [1.54, 1.807) is 0 Å². The number of rotatable bonds is 7. The van der Waals surface area contributed by atoms with Gasteiger partial charge in [-0.1, -0.05) is 12.5 Å². The Labute approximate surface area is 210 Å². The van der Waals surface area contributed by atoms with Gasteiger partial charge in [-0.2, -0.15) is 13.2 Å². The van der Waals surface area contributed by atoms with Crippen molar-refractivity contribution in [1.29, 1.82) is 4.78 Å². The molecule has 3 aromatic rings. The van der Waals surface area contributed by atoms with E-state index in [0.717, 1.165) is 26.2 Å². The van der Waals surface area contributed by atoms with Crippen LogP contribution in [-0.4, -0.2) is 43.6 Å². The molecule has 1 aliphatic carbocycles. The molecule has 2 N–H and O–H groups in total. The lowest BCUT2D eigenvalue weighted by Gasteiger charge is -2.24. The van der Waals surface area contributed by atoms with Gasteiger partial charge in [-0.05, 0) is 43.5 Å². The molecule has 2 heterocycles. The SMILES string of the molecule is COc1nc(C2CCC2)cnc1Oc1nnc(C(F)(F)F)c(C)c1C(=O)Nc1cccc(S(C)(=N)=O)c1. The first-order valence-electron chi connectivity index (χ1n) is 11.1. The Balaban J connectivity index is 1.74. The first-order valence-corrected chi connectivity index (χ1v) is 13.0. The molecule has 10 nitrogen and oxygen atoms in total. The van der Waals surface area contributed by atoms with Crippen LogP contribution in [0.3, 0.4) is 0 Å². The predicted molar refractivity (Wildman–Crippen MR) is 126 cm³/mol. The Morgan fingerprint density at radius 3 is 2.51 bits per heavy atom. The van der Waals surface area contributed by atoms with Crippen LogP contribution in [0.25, 0.3) is 0 Å². The molecular formula is C23H23F3N6O4S. The first-order chi connectivity index (χ1) is 17.4. The summed E-state index contributed by atoms with van der Waals surface area (Å²) in [5, 5.41) is 9.22. The van der Waals surface area contributed by atoms with Gasteiger partial charge in [0.1, 0.15) is 5.56 Å². The maximum Gasteiger partial charge on any atom is 0.435 e. The number of amides is 1. The number of benzene rings is 1. The highest BCUT2D eigenvalue weighted by Gasteiger charge is 2.38. The van der Waals surface area contributed by atoms with Crippen molar-refractivity contribution in [3.8, 4) is 17.6 Å². The van der Waals surface area contributed by atoms with E-state index in [0.29, 0.717) is 5.69 Å². The quantitative estimate of drug-likeness (QED) is 0.432. The predicted octanol–water partition coefficient (Wildman–Crippen LogP) is 4.95. The summed E-state index contributed by atoms with van der Waals surface area (Å²) in [6.07, 6.45) is 0.801. The van der Waals surface area contributed by atoms with Crippen molar-refractivity contribution >= 4 is 21.3 Å². The second-order valence-electron chi connectivity index (χ2n) is 8.52. The Morgan fingerprint density at radius 1 is 1.19 bits per heavy atom. The monoisotopic (exact) mass is 536 g/mol. The average Bonchev–Trinajstić information content (AvgIpc) is 2.77. The molecule has 37 heavy (non-hydrogen) atoms. The van der Waals surface area contributed by atoms with E-state index >= 15 is 0 Å². The summed E-state index contributed by atoms with van der Waals surface area (Å²) in [5.41, 5.74) is -1.61. The van der Waals surface area contributed by atoms with Crippen molar-refractivity contribution in [3.63, 3.8) is 0 Å². The van der Waals surface area contributed by atoms with Crippen molar-refractivity contribution < 1.29 is 31.6 Å². The summed E-state index contributed by atoms with van der Waals surface area (Å²) in [7, 11) is -1.76. The standard InChI is InChI=1S/C23H23F3N6O4S/c1-12-17(19(33)29-14-8-5-9-15(10-14)37(3,27)34)20(32-31-18(12)23(24,25)26)36-21-22(35-2)30-16(11-28-21)13-6-4-7-13/h5,8-11,13,27H,4,6-7H2,1-3H3,(H,29,33). The molecule has 196 valence electrons. The van der Waals surface area contributed by atoms with Gasteiger partial charge in [0.05, 0.1) is 28.7 Å². The average molecular weight is 537 g/mol. The van der Waals surface area contributed by atoms with Crippen LogP contribution in [0.2, 0.25) is 0 Å². The third-order valence-corrected chi connectivity index (χ3v) is 7.01. The van der Waals surface area contributed by atoms with Gasteiger partial charge in [-0.25, -0.2) is 19.0 Å². The fourth-order valence-corrected chi connectivity index (χ4v) is 4.38. The normalized spacial score (nSPS) is 15.4. The molecule has 1 saturated carbocycles. The highest BCUT2D eigenvalue weighted by Crippen LogP contribution is 2.39. The van der Waals surface area contributed by atoms with Crippen molar-refractivity contribution in [3.05, 3.63) is 53.0 Å². The van der Waals surface area contributed by atoms with Gasteiger partial charge in [0.25, 0.3) is 23.5 Å². The smallest absolute Gasteiger partial charge is 0.435 e. The van der Waals surface area contributed by atoms with Gasteiger partial charge in [-0.3, -0.25) is 4.79 Å². The van der Waals surface area contributed by atoms with Crippen molar-refractivity contribution in [2.45, 2.75) is 43.2 Å². The minimum Gasteiger partial charge on any atom is -0.477 e. The number of nitrogens with one attached hydrogen (secondary N) is 2. The number of alkyl halides is 3. The van der Waals surface area contributed by atoms with E-state index in [4.69, 9.17) is 14.3 Å². The fourth-order valence-electron chi connectivity index (χ4n) is 3.69. The van der Waals surface area contributed by atoms with E-state index in [-0.39, 0.29) is 28.3 Å². The van der Waals surface area contributed by atoms with Gasteiger partial charge in [0.2, 0.25) is 0 Å². The third kappa shape index (κ3) is 5.63. The zero-order valence-electron chi connectivity index (χ0n) is 20.0. The van der Waals surface area contributed by atoms with Gasteiger partial charge in [0.15, 0.2) is 5.69 Å². The summed E-state index contributed by atoms with van der Waals surface area (Å²) >= 11 is 0. The summed E-state index contributed by atoms with van der Waals surface area (Å²) in [4.78, 5) is 21.9. The molecular weight excluding hydrogens is 513 g/mol. The number of methoxy groups -OCH3 is 1. The molecule has 1 fully saturated rings. The minimum atomic E-state index is -4.88. The Bertz CT molecular complexity index is 1460. The molecule has 0 spiro atoms. The van der Waals surface area contributed by atoms with Crippen LogP contribution >= 0.6 is 0 Å². The summed E-state index contributed by atoms with van der Waals surface area (Å²) in [5.74, 6) is -1.51. The highest BCUT2D eigenvalue weighted by atomic mass is 32.2. The number of nitrogens with zero attached hydrogens (tertiary/aromatic N) is 4. The molecule has 14 heteroatoms. The largest absolute Gasteiger partial charge is 0.477 e. The number of carbonyl (C=O) groups excluding carboxylic acids is 1. The lowest BCUT2D eigenvalue weighted by atomic mass is 9.83. The first kappa shape index (κ1) is 26.3. The number of aromatic nitrogens is 4. The molecule has 4 rings (SSSR count). The number of carbonyl (C=O) groups is 1.